The van der Waals surface area contributed by atoms with Crippen LogP contribution in [0.2, 0.25) is 5.02 Å². The number of halogens is 2. The maximum absolute atomic E-state index is 13.1. The van der Waals surface area contributed by atoms with Crippen molar-refractivity contribution < 1.29 is 22.3 Å². The molecule has 1 amide bonds. The van der Waals surface area contributed by atoms with Crippen molar-refractivity contribution in [1.82, 2.24) is 10.2 Å². The van der Waals surface area contributed by atoms with E-state index in [0.717, 1.165) is 37.4 Å². The molecule has 7 nitrogen and oxygen atoms in total. The summed E-state index contributed by atoms with van der Waals surface area (Å²) in [7, 11) is -4.01. The predicted octanol–water partition coefficient (Wildman–Crippen LogP) is 3.90. The van der Waals surface area contributed by atoms with Crippen molar-refractivity contribution in [2.45, 2.75) is 50.3 Å². The Labute approximate surface area is 199 Å². The molecule has 0 unspecified atom stereocenters. The number of ether oxygens (including phenoxy) is 1. The van der Waals surface area contributed by atoms with Crippen LogP contribution in [0.4, 0.5) is 10.1 Å². The third-order valence-corrected chi connectivity index (χ3v) is 7.27. The smallest absolute Gasteiger partial charge is 0.261 e. The second-order valence-electron chi connectivity index (χ2n) is 8.91. The highest BCUT2D eigenvalue weighted by atomic mass is 35.5. The van der Waals surface area contributed by atoms with E-state index >= 15 is 0 Å². The minimum absolute atomic E-state index is 0.0590. The highest BCUT2D eigenvalue weighted by Gasteiger charge is 2.33. The average Bonchev–Trinajstić information content (AvgIpc) is 2.73. The standard InChI is InChI=1S/C23H29ClFN3O4S/c1-15-12-28(13-16(2)32-15)23(3,4)14-26-22(29)17-5-10-20(24)21(11-17)27-33(30,31)19-8-6-18(25)7-9-19/h5-11,15-16,27H,12-14H2,1-4H3,(H,26,29)/t15-,16-/m0/s1. The number of rotatable bonds is 7. The molecule has 10 heteroatoms. The maximum Gasteiger partial charge on any atom is 0.261 e. The number of carbonyl (C=O) groups excluding carboxylic acids is 1. The Balaban J connectivity index is 1.70. The van der Waals surface area contributed by atoms with E-state index in [1.54, 1.807) is 0 Å². The third kappa shape index (κ3) is 6.44. The number of hydrogen-bond acceptors (Lipinski definition) is 5. The van der Waals surface area contributed by atoms with Gasteiger partial charge >= 0.3 is 0 Å². The van der Waals surface area contributed by atoms with Crippen LogP contribution >= 0.6 is 11.6 Å². The quantitative estimate of drug-likeness (QED) is 0.605. The molecule has 1 aliphatic rings. The number of morpholine rings is 1. The van der Waals surface area contributed by atoms with Crippen LogP contribution in [0.15, 0.2) is 47.4 Å². The Kier molecular flexibility index (Phi) is 7.68. The molecule has 2 aromatic rings. The summed E-state index contributed by atoms with van der Waals surface area (Å²) in [6, 6.07) is 8.77. The van der Waals surface area contributed by atoms with Gasteiger partial charge in [-0.05, 0) is 70.2 Å². The predicted molar refractivity (Wildman–Crippen MR) is 127 cm³/mol. The van der Waals surface area contributed by atoms with Crippen molar-refractivity contribution >= 4 is 33.2 Å². The third-order valence-electron chi connectivity index (χ3n) is 5.55. The zero-order chi connectivity index (χ0) is 24.4. The summed E-state index contributed by atoms with van der Waals surface area (Å²) in [5, 5.41) is 3.06. The molecule has 2 aromatic carbocycles. The highest BCUT2D eigenvalue weighted by Crippen LogP contribution is 2.26. The van der Waals surface area contributed by atoms with Gasteiger partial charge in [-0.25, -0.2) is 12.8 Å². The van der Waals surface area contributed by atoms with Gasteiger partial charge in [0.15, 0.2) is 0 Å². The van der Waals surface area contributed by atoms with E-state index in [9.17, 15) is 17.6 Å². The van der Waals surface area contributed by atoms with Gasteiger partial charge in [-0.1, -0.05) is 11.6 Å². The van der Waals surface area contributed by atoms with Crippen LogP contribution in [0.3, 0.4) is 0 Å². The number of sulfonamides is 1. The summed E-state index contributed by atoms with van der Waals surface area (Å²) in [6.07, 6.45) is 0.216. The van der Waals surface area contributed by atoms with Gasteiger partial charge in [0.05, 0.1) is 27.8 Å². The molecule has 1 heterocycles. The molecule has 1 saturated heterocycles. The molecule has 0 radical (unpaired) electrons. The lowest BCUT2D eigenvalue weighted by Crippen LogP contribution is -2.58. The van der Waals surface area contributed by atoms with Gasteiger partial charge in [-0.2, -0.15) is 0 Å². The second-order valence-corrected chi connectivity index (χ2v) is 11.0. The van der Waals surface area contributed by atoms with Gasteiger partial charge < -0.3 is 10.1 Å². The summed E-state index contributed by atoms with van der Waals surface area (Å²) in [5.74, 6) is -0.897. The Morgan fingerprint density at radius 3 is 2.36 bits per heavy atom. The first-order valence-corrected chi connectivity index (χ1v) is 12.5. The fourth-order valence-electron chi connectivity index (χ4n) is 3.74. The minimum Gasteiger partial charge on any atom is -0.373 e. The topological polar surface area (TPSA) is 87.7 Å². The van der Waals surface area contributed by atoms with Crippen LogP contribution in [0.5, 0.6) is 0 Å². The second kappa shape index (κ2) is 9.97. The number of hydrogen-bond donors (Lipinski definition) is 2. The van der Waals surface area contributed by atoms with Crippen molar-refractivity contribution in [3.8, 4) is 0 Å². The molecule has 1 aliphatic heterocycles. The Hall–Kier alpha value is -2.20. The van der Waals surface area contributed by atoms with Gasteiger partial charge in [0, 0.05) is 30.7 Å². The van der Waals surface area contributed by atoms with Crippen molar-refractivity contribution in [3.05, 3.63) is 58.9 Å². The van der Waals surface area contributed by atoms with Crippen LogP contribution < -0.4 is 10.0 Å². The van der Waals surface area contributed by atoms with E-state index in [1.165, 1.54) is 18.2 Å². The van der Waals surface area contributed by atoms with E-state index in [0.29, 0.717) is 6.54 Å². The molecule has 0 spiro atoms. The van der Waals surface area contributed by atoms with Gasteiger partial charge in [0.25, 0.3) is 15.9 Å². The van der Waals surface area contributed by atoms with E-state index in [1.807, 2.05) is 13.8 Å². The van der Waals surface area contributed by atoms with Crippen LogP contribution in [0, 0.1) is 5.82 Å². The number of amides is 1. The highest BCUT2D eigenvalue weighted by molar-refractivity contribution is 7.92. The van der Waals surface area contributed by atoms with Crippen molar-refractivity contribution in [2.75, 3.05) is 24.4 Å². The molecule has 3 rings (SSSR count). The summed E-state index contributed by atoms with van der Waals surface area (Å²) < 4.78 is 46.5. The van der Waals surface area contributed by atoms with E-state index in [-0.39, 0.29) is 44.8 Å². The van der Waals surface area contributed by atoms with E-state index < -0.39 is 15.8 Å². The zero-order valence-corrected chi connectivity index (χ0v) is 20.6. The summed E-state index contributed by atoms with van der Waals surface area (Å²) >= 11 is 6.16. The number of carbonyl (C=O) groups is 1. The molecule has 180 valence electrons. The fraction of sp³-hybridized carbons (Fsp3) is 0.435. The number of anilines is 1. The van der Waals surface area contributed by atoms with Gasteiger partial charge in [0.1, 0.15) is 5.82 Å². The number of benzene rings is 2. The lowest BCUT2D eigenvalue weighted by atomic mass is 10.00. The van der Waals surface area contributed by atoms with E-state index in [4.69, 9.17) is 16.3 Å². The summed E-state index contributed by atoms with van der Waals surface area (Å²) in [4.78, 5) is 15.0. The Morgan fingerprint density at radius 2 is 1.76 bits per heavy atom. The fourth-order valence-corrected chi connectivity index (χ4v) is 5.04. The van der Waals surface area contributed by atoms with Gasteiger partial charge in [-0.3, -0.25) is 14.4 Å². The van der Waals surface area contributed by atoms with Gasteiger partial charge in [0.2, 0.25) is 0 Å². The molecule has 1 fully saturated rings. The lowest BCUT2D eigenvalue weighted by molar-refractivity contribution is -0.0948. The Bertz CT molecular complexity index is 1100. The minimum atomic E-state index is -4.01. The van der Waals surface area contributed by atoms with Crippen molar-refractivity contribution in [2.24, 2.45) is 0 Å². The first kappa shape index (κ1) is 25.4. The molecule has 2 atom stereocenters. The lowest BCUT2D eigenvalue weighted by Gasteiger charge is -2.45. The normalized spacial score (nSPS) is 19.8. The molecule has 0 aliphatic carbocycles. The van der Waals surface area contributed by atoms with E-state index in [2.05, 4.69) is 28.8 Å². The van der Waals surface area contributed by atoms with Crippen LogP contribution in [-0.4, -0.2) is 56.6 Å². The zero-order valence-electron chi connectivity index (χ0n) is 19.1. The summed E-state index contributed by atoms with van der Waals surface area (Å²) in [6.45, 7) is 10.1. The first-order chi connectivity index (χ1) is 15.4. The number of nitrogens with one attached hydrogen (secondary N) is 2. The largest absolute Gasteiger partial charge is 0.373 e. The summed E-state index contributed by atoms with van der Waals surface area (Å²) in [5.41, 5.74) is 0.0148. The molecular weight excluding hydrogens is 469 g/mol. The molecular formula is C23H29ClFN3O4S. The van der Waals surface area contributed by atoms with Crippen molar-refractivity contribution in [1.29, 1.82) is 0 Å². The number of nitrogens with zero attached hydrogens (tertiary/aromatic N) is 1. The average molecular weight is 498 g/mol. The first-order valence-electron chi connectivity index (χ1n) is 10.6. The molecule has 2 N–H and O–H groups in total. The SMILES string of the molecule is C[C@H]1CN(C(C)(C)CNC(=O)c2ccc(Cl)c(NS(=O)(=O)c3ccc(F)cc3)c2)C[C@H](C)O1. The molecule has 33 heavy (non-hydrogen) atoms. The van der Waals surface area contributed by atoms with Crippen molar-refractivity contribution in [3.63, 3.8) is 0 Å². The molecule has 0 aromatic heterocycles. The molecule has 0 bridgehead atoms. The molecule has 0 saturated carbocycles. The Morgan fingerprint density at radius 1 is 1.15 bits per heavy atom. The maximum atomic E-state index is 13.1. The van der Waals surface area contributed by atoms with Crippen LogP contribution in [0.1, 0.15) is 38.1 Å². The van der Waals surface area contributed by atoms with Crippen LogP contribution in [0.25, 0.3) is 0 Å². The monoisotopic (exact) mass is 497 g/mol. The van der Waals surface area contributed by atoms with Gasteiger partial charge in [-0.15, -0.1) is 0 Å². The van der Waals surface area contributed by atoms with Crippen LogP contribution in [-0.2, 0) is 14.8 Å².